The van der Waals surface area contributed by atoms with Crippen LogP contribution in [0.3, 0.4) is 0 Å². The number of hydrogen-bond acceptors (Lipinski definition) is 9. The van der Waals surface area contributed by atoms with Crippen LogP contribution in [0.2, 0.25) is 0 Å². The van der Waals surface area contributed by atoms with Gasteiger partial charge in [-0.1, -0.05) is 12.5 Å². The molecule has 9 nitrogen and oxygen atoms in total. The van der Waals surface area contributed by atoms with Gasteiger partial charge in [-0.25, -0.2) is 14.4 Å². The molecule has 2 fully saturated rings. The van der Waals surface area contributed by atoms with Crippen molar-refractivity contribution in [3.63, 3.8) is 0 Å². The van der Waals surface area contributed by atoms with Crippen LogP contribution in [0.4, 0.5) is 10.2 Å². The molecule has 0 aliphatic carbocycles. The maximum absolute atomic E-state index is 14.3. The van der Waals surface area contributed by atoms with E-state index < -0.39 is 12.2 Å². The molecule has 1 aromatic carbocycles. The predicted octanol–water partition coefficient (Wildman–Crippen LogP) is 2.88. The molecule has 1 aromatic heterocycles. The minimum Gasteiger partial charge on any atom is -0.507 e. The fraction of sp³-hybridized carbons (Fsp3) is 0.500. The van der Waals surface area contributed by atoms with Crippen molar-refractivity contribution in [1.82, 2.24) is 25.8 Å². The van der Waals surface area contributed by atoms with Gasteiger partial charge in [-0.05, 0) is 44.7 Å². The number of halogens is 1. The summed E-state index contributed by atoms with van der Waals surface area (Å²) in [5.74, 6) is 0.382. The lowest BCUT2D eigenvalue weighted by molar-refractivity contribution is 0.0915. The lowest BCUT2D eigenvalue weighted by atomic mass is 9.75. The highest BCUT2D eigenvalue weighted by Crippen LogP contribution is 2.36. The van der Waals surface area contributed by atoms with E-state index >= 15 is 0 Å². The van der Waals surface area contributed by atoms with Gasteiger partial charge in [0.2, 0.25) is 6.35 Å². The molecule has 0 saturated carbocycles. The van der Waals surface area contributed by atoms with Gasteiger partial charge in [0.15, 0.2) is 17.5 Å². The van der Waals surface area contributed by atoms with Crippen molar-refractivity contribution in [2.24, 2.45) is 4.99 Å². The number of allylic oxidation sites excluding steroid dienone is 1. The Bertz CT molecular complexity index is 1120. The van der Waals surface area contributed by atoms with Gasteiger partial charge in [0.1, 0.15) is 11.5 Å². The lowest BCUT2D eigenvalue weighted by Gasteiger charge is -2.49. The van der Waals surface area contributed by atoms with Crippen LogP contribution in [-0.4, -0.2) is 64.1 Å². The number of nitrogens with zero attached hydrogens (tertiary/aromatic N) is 5. The minimum absolute atomic E-state index is 0.0810. The number of ether oxygens (including phenoxy) is 1. The Kier molecular flexibility index (Phi) is 5.95. The van der Waals surface area contributed by atoms with E-state index in [1.54, 1.807) is 18.3 Å². The van der Waals surface area contributed by atoms with E-state index in [9.17, 15) is 9.50 Å². The first-order valence-electron chi connectivity index (χ1n) is 11.6. The van der Waals surface area contributed by atoms with Gasteiger partial charge in [-0.2, -0.15) is 0 Å². The summed E-state index contributed by atoms with van der Waals surface area (Å²) in [6.45, 7) is 2.31. The first kappa shape index (κ1) is 22.7. The first-order valence-corrected chi connectivity index (χ1v) is 11.6. The van der Waals surface area contributed by atoms with Gasteiger partial charge < -0.3 is 25.4 Å². The van der Waals surface area contributed by atoms with Crippen molar-refractivity contribution in [2.75, 3.05) is 19.1 Å². The van der Waals surface area contributed by atoms with Crippen molar-refractivity contribution < 1.29 is 14.2 Å². The largest absolute Gasteiger partial charge is 0.507 e. The Hall–Kier alpha value is -3.11. The van der Waals surface area contributed by atoms with Gasteiger partial charge in [-0.15, -0.1) is 10.2 Å². The summed E-state index contributed by atoms with van der Waals surface area (Å²) in [5, 5.41) is 25.8. The zero-order valence-corrected chi connectivity index (χ0v) is 19.6. The fourth-order valence-electron chi connectivity index (χ4n) is 5.31. The third-order valence-electron chi connectivity index (χ3n) is 7.10. The summed E-state index contributed by atoms with van der Waals surface area (Å²) in [6, 6.07) is 5.66. The molecule has 4 atom stereocenters. The predicted molar refractivity (Wildman–Crippen MR) is 127 cm³/mol. The van der Waals surface area contributed by atoms with E-state index in [4.69, 9.17) is 4.74 Å². The normalized spacial score (nSPS) is 28.5. The van der Waals surface area contributed by atoms with E-state index in [-0.39, 0.29) is 17.0 Å². The van der Waals surface area contributed by atoms with Crippen molar-refractivity contribution in [1.29, 1.82) is 0 Å². The number of aromatic hydroxyl groups is 1. The minimum atomic E-state index is -0.685. The number of methoxy groups -OCH3 is 1. The molecular weight excluding hydrogens is 437 g/mol. The van der Waals surface area contributed by atoms with E-state index in [0.717, 1.165) is 12.8 Å². The van der Waals surface area contributed by atoms with Gasteiger partial charge in [-0.3, -0.25) is 0 Å². The van der Waals surface area contributed by atoms with Crippen molar-refractivity contribution in [3.8, 4) is 17.1 Å². The van der Waals surface area contributed by atoms with Crippen LogP contribution >= 0.6 is 0 Å². The maximum atomic E-state index is 14.3. The zero-order chi connectivity index (χ0) is 23.9. The van der Waals surface area contributed by atoms with Crippen LogP contribution in [0.5, 0.6) is 5.75 Å². The number of fused-ring (bicyclic) bond motifs is 2. The van der Waals surface area contributed by atoms with Gasteiger partial charge in [0.05, 0.1) is 11.8 Å². The average molecular weight is 468 g/mol. The molecule has 5 rings (SSSR count). The van der Waals surface area contributed by atoms with Gasteiger partial charge in [0, 0.05) is 43.5 Å². The number of phenolic OH excluding ortho intramolecular Hbond substituents is 1. The summed E-state index contributed by atoms with van der Waals surface area (Å²) in [4.78, 5) is 10.8. The molecule has 4 heterocycles. The summed E-state index contributed by atoms with van der Waals surface area (Å²) >= 11 is 0. The Morgan fingerprint density at radius 1 is 1.29 bits per heavy atom. The summed E-state index contributed by atoms with van der Waals surface area (Å²) in [6.07, 6.45) is 8.02. The van der Waals surface area contributed by atoms with Crippen LogP contribution in [0, 0.1) is 0 Å². The SMILES string of the molecule is COC1N=C(c2ccc(-c3ncc(N(C)[C@H]4C[C@@H]5CCC[C@](C)(C4)N5)nn3)c(O)c2)C(F)=CN1. The second-order valence-corrected chi connectivity index (χ2v) is 9.60. The summed E-state index contributed by atoms with van der Waals surface area (Å²) < 4.78 is 19.4. The average Bonchev–Trinajstić information content (AvgIpc) is 2.83. The zero-order valence-electron chi connectivity index (χ0n) is 19.6. The Labute approximate surface area is 198 Å². The lowest BCUT2D eigenvalue weighted by Crippen LogP contribution is -2.61. The van der Waals surface area contributed by atoms with Crippen LogP contribution in [0.15, 0.2) is 41.4 Å². The molecule has 2 saturated heterocycles. The number of nitrogens with one attached hydrogen (secondary N) is 2. The van der Waals surface area contributed by atoms with Gasteiger partial charge >= 0.3 is 0 Å². The molecule has 0 spiro atoms. The quantitative estimate of drug-likeness (QED) is 0.616. The molecule has 1 unspecified atom stereocenters. The maximum Gasteiger partial charge on any atom is 0.225 e. The third-order valence-corrected chi connectivity index (χ3v) is 7.10. The number of benzene rings is 1. The molecular formula is C24H30FN7O2. The van der Waals surface area contributed by atoms with Crippen molar-refractivity contribution >= 4 is 11.5 Å². The van der Waals surface area contributed by atoms with Crippen LogP contribution < -0.4 is 15.5 Å². The number of hydrogen-bond donors (Lipinski definition) is 3. The standard InChI is InChI=1S/C24H30FN7O2/c1-24-8-4-5-15(29-24)10-16(11-24)32(2)20-13-26-22(31-30-20)17-7-6-14(9-19(17)33)21-18(25)12-27-23(28-21)34-3/h6-7,9,12-13,15-16,23,27,29,33H,4-5,8,10-11H2,1-3H3/t15-,16-,23?,24+/m0/s1. The van der Waals surface area contributed by atoms with Crippen LogP contribution in [0.25, 0.3) is 11.4 Å². The van der Waals surface area contributed by atoms with Crippen LogP contribution in [-0.2, 0) is 4.74 Å². The monoisotopic (exact) mass is 467 g/mol. The Morgan fingerprint density at radius 2 is 2.15 bits per heavy atom. The topological polar surface area (TPSA) is 108 Å². The van der Waals surface area contributed by atoms with Crippen molar-refractivity contribution in [3.05, 3.63) is 42.0 Å². The number of anilines is 1. The van der Waals surface area contributed by atoms with E-state index in [2.05, 4.69) is 42.6 Å². The highest BCUT2D eigenvalue weighted by molar-refractivity contribution is 6.12. The molecule has 3 aliphatic heterocycles. The molecule has 0 amide bonds. The Balaban J connectivity index is 1.33. The summed E-state index contributed by atoms with van der Waals surface area (Å²) in [7, 11) is 3.51. The molecule has 3 aliphatic rings. The van der Waals surface area contributed by atoms with Crippen LogP contribution in [0.1, 0.15) is 44.6 Å². The second kappa shape index (κ2) is 8.92. The van der Waals surface area contributed by atoms with E-state index in [1.165, 1.54) is 38.6 Å². The first-order chi connectivity index (χ1) is 16.3. The highest BCUT2D eigenvalue weighted by Gasteiger charge is 2.40. The number of phenols is 1. The van der Waals surface area contributed by atoms with E-state index in [1.807, 2.05) is 7.05 Å². The molecule has 3 N–H and O–H groups in total. The molecule has 34 heavy (non-hydrogen) atoms. The number of rotatable bonds is 5. The highest BCUT2D eigenvalue weighted by atomic mass is 19.1. The van der Waals surface area contributed by atoms with Crippen molar-refractivity contribution in [2.45, 2.75) is 63.0 Å². The van der Waals surface area contributed by atoms with Gasteiger partial charge in [0.25, 0.3) is 0 Å². The smallest absolute Gasteiger partial charge is 0.225 e. The molecule has 2 aromatic rings. The molecule has 0 radical (unpaired) electrons. The molecule has 2 bridgehead atoms. The summed E-state index contributed by atoms with van der Waals surface area (Å²) in [5.41, 5.74) is 1.11. The fourth-order valence-corrected chi connectivity index (χ4v) is 5.31. The Morgan fingerprint density at radius 3 is 2.85 bits per heavy atom. The number of aliphatic imine (C=N–C) groups is 1. The number of piperidine rings is 2. The molecule has 10 heteroatoms. The third kappa shape index (κ3) is 4.35. The molecule has 180 valence electrons. The second-order valence-electron chi connectivity index (χ2n) is 9.60. The number of aromatic nitrogens is 3. The van der Waals surface area contributed by atoms with E-state index in [0.29, 0.717) is 34.9 Å².